The first kappa shape index (κ1) is 12.3. The van der Waals surface area contributed by atoms with Crippen molar-refractivity contribution in [2.45, 2.75) is 13.8 Å². The van der Waals surface area contributed by atoms with Gasteiger partial charge >= 0.3 is 0 Å². The van der Waals surface area contributed by atoms with Crippen LogP contribution >= 0.6 is 0 Å². The minimum absolute atomic E-state index is 0.528. The molecule has 0 aliphatic carbocycles. The molecular formula is C15H17NO2. The Hall–Kier alpha value is -2.16. The van der Waals surface area contributed by atoms with E-state index in [1.54, 1.807) is 0 Å². The molecule has 0 amide bonds. The van der Waals surface area contributed by atoms with Crippen LogP contribution in [-0.4, -0.2) is 6.61 Å². The van der Waals surface area contributed by atoms with Gasteiger partial charge in [-0.25, -0.2) is 0 Å². The number of rotatable bonds is 4. The van der Waals surface area contributed by atoms with Crippen LogP contribution in [0.3, 0.4) is 0 Å². The van der Waals surface area contributed by atoms with Crippen molar-refractivity contribution < 1.29 is 9.47 Å². The van der Waals surface area contributed by atoms with Crippen molar-refractivity contribution in [3.05, 3.63) is 48.0 Å². The Morgan fingerprint density at radius 3 is 2.33 bits per heavy atom. The van der Waals surface area contributed by atoms with Crippen LogP contribution in [0.25, 0.3) is 0 Å². The highest BCUT2D eigenvalue weighted by Crippen LogP contribution is 2.34. The molecule has 0 aromatic heterocycles. The van der Waals surface area contributed by atoms with Gasteiger partial charge in [0.05, 0.1) is 6.61 Å². The van der Waals surface area contributed by atoms with Crippen LogP contribution in [0.15, 0.2) is 42.5 Å². The van der Waals surface area contributed by atoms with Crippen LogP contribution in [0.5, 0.6) is 17.2 Å². The largest absolute Gasteiger partial charge is 0.492 e. The summed E-state index contributed by atoms with van der Waals surface area (Å²) in [5.74, 6) is 2.04. The fourth-order valence-corrected chi connectivity index (χ4v) is 1.63. The van der Waals surface area contributed by atoms with Gasteiger partial charge in [0.25, 0.3) is 0 Å². The van der Waals surface area contributed by atoms with Crippen LogP contribution < -0.4 is 15.2 Å². The van der Waals surface area contributed by atoms with Gasteiger partial charge in [-0.15, -0.1) is 0 Å². The molecule has 94 valence electrons. The van der Waals surface area contributed by atoms with Crippen molar-refractivity contribution in [1.29, 1.82) is 0 Å². The van der Waals surface area contributed by atoms with E-state index in [0.29, 0.717) is 23.8 Å². The van der Waals surface area contributed by atoms with E-state index in [4.69, 9.17) is 15.2 Å². The molecule has 2 N–H and O–H groups in total. The maximum atomic E-state index is 6.00. The van der Waals surface area contributed by atoms with E-state index in [2.05, 4.69) is 0 Å². The molecular weight excluding hydrogens is 226 g/mol. The van der Waals surface area contributed by atoms with Crippen LogP contribution in [-0.2, 0) is 0 Å². The third-order valence-corrected chi connectivity index (χ3v) is 2.57. The molecule has 0 aliphatic heterocycles. The zero-order valence-corrected chi connectivity index (χ0v) is 10.6. The molecule has 0 aliphatic rings. The normalized spacial score (nSPS) is 10.1. The summed E-state index contributed by atoms with van der Waals surface area (Å²) in [6.07, 6.45) is 0. The summed E-state index contributed by atoms with van der Waals surface area (Å²) in [5, 5.41) is 0. The molecule has 0 fully saturated rings. The molecule has 0 saturated carbocycles. The maximum absolute atomic E-state index is 6.00. The topological polar surface area (TPSA) is 44.5 Å². The molecule has 0 heterocycles. The molecule has 0 unspecified atom stereocenters. The zero-order valence-electron chi connectivity index (χ0n) is 10.6. The van der Waals surface area contributed by atoms with Gasteiger partial charge < -0.3 is 15.2 Å². The van der Waals surface area contributed by atoms with E-state index in [1.165, 1.54) is 5.56 Å². The molecule has 0 atom stereocenters. The van der Waals surface area contributed by atoms with Crippen LogP contribution in [0, 0.1) is 6.92 Å². The summed E-state index contributed by atoms with van der Waals surface area (Å²) in [5.41, 5.74) is 7.72. The summed E-state index contributed by atoms with van der Waals surface area (Å²) >= 11 is 0. The summed E-state index contributed by atoms with van der Waals surface area (Å²) in [6, 6.07) is 13.4. The van der Waals surface area contributed by atoms with Crippen molar-refractivity contribution in [1.82, 2.24) is 0 Å². The number of nitrogen functional groups attached to an aromatic ring is 1. The van der Waals surface area contributed by atoms with Crippen LogP contribution in [0.2, 0.25) is 0 Å². The minimum Gasteiger partial charge on any atom is -0.492 e. The number of nitrogens with two attached hydrogens (primary N) is 1. The van der Waals surface area contributed by atoms with Crippen molar-refractivity contribution in [3.8, 4) is 17.2 Å². The van der Waals surface area contributed by atoms with Gasteiger partial charge in [-0.1, -0.05) is 23.8 Å². The second-order valence-corrected chi connectivity index (χ2v) is 4.02. The number of hydrogen-bond acceptors (Lipinski definition) is 3. The molecule has 0 saturated heterocycles. The zero-order chi connectivity index (χ0) is 13.0. The van der Waals surface area contributed by atoms with Gasteiger partial charge in [0.15, 0.2) is 5.75 Å². The number of ether oxygens (including phenoxy) is 2. The number of para-hydroxylation sites is 1. The van der Waals surface area contributed by atoms with E-state index >= 15 is 0 Å². The first-order chi connectivity index (χ1) is 8.70. The van der Waals surface area contributed by atoms with Crippen LogP contribution in [0.1, 0.15) is 12.5 Å². The second kappa shape index (κ2) is 5.45. The third-order valence-electron chi connectivity index (χ3n) is 2.57. The first-order valence-corrected chi connectivity index (χ1v) is 5.96. The van der Waals surface area contributed by atoms with E-state index in [-0.39, 0.29) is 0 Å². The Morgan fingerprint density at radius 2 is 1.67 bits per heavy atom. The average molecular weight is 243 g/mol. The van der Waals surface area contributed by atoms with E-state index < -0.39 is 0 Å². The Labute approximate surface area is 107 Å². The molecule has 2 aromatic carbocycles. The van der Waals surface area contributed by atoms with E-state index in [0.717, 1.165) is 5.75 Å². The Morgan fingerprint density at radius 1 is 1.00 bits per heavy atom. The third kappa shape index (κ3) is 2.74. The summed E-state index contributed by atoms with van der Waals surface area (Å²) < 4.78 is 11.2. The highest BCUT2D eigenvalue weighted by Gasteiger charge is 2.07. The molecule has 18 heavy (non-hydrogen) atoms. The quantitative estimate of drug-likeness (QED) is 0.831. The number of aryl methyl sites for hydroxylation is 1. The van der Waals surface area contributed by atoms with Gasteiger partial charge in [0, 0.05) is 0 Å². The summed E-state index contributed by atoms with van der Waals surface area (Å²) in [6.45, 7) is 4.54. The van der Waals surface area contributed by atoms with Gasteiger partial charge in [-0.2, -0.15) is 0 Å². The van der Waals surface area contributed by atoms with Gasteiger partial charge in [-0.05, 0) is 38.1 Å². The lowest BCUT2D eigenvalue weighted by Crippen LogP contribution is -1.98. The molecule has 2 rings (SSSR count). The summed E-state index contributed by atoms with van der Waals surface area (Å²) in [4.78, 5) is 0. The maximum Gasteiger partial charge on any atom is 0.154 e. The predicted molar refractivity (Wildman–Crippen MR) is 73.3 cm³/mol. The smallest absolute Gasteiger partial charge is 0.154 e. The van der Waals surface area contributed by atoms with Crippen molar-refractivity contribution in [3.63, 3.8) is 0 Å². The fourth-order valence-electron chi connectivity index (χ4n) is 1.63. The second-order valence-electron chi connectivity index (χ2n) is 4.02. The monoisotopic (exact) mass is 243 g/mol. The number of anilines is 1. The molecule has 0 bridgehead atoms. The SMILES string of the molecule is CCOc1cccc(Oc2ccc(C)cc2)c1N. The van der Waals surface area contributed by atoms with Crippen LogP contribution in [0.4, 0.5) is 5.69 Å². The van der Waals surface area contributed by atoms with Gasteiger partial charge in [0.1, 0.15) is 17.2 Å². The average Bonchev–Trinajstić information content (AvgIpc) is 2.37. The van der Waals surface area contributed by atoms with Crippen molar-refractivity contribution in [2.75, 3.05) is 12.3 Å². The summed E-state index contributed by atoms with van der Waals surface area (Å²) in [7, 11) is 0. The van der Waals surface area contributed by atoms with Crippen molar-refractivity contribution in [2.24, 2.45) is 0 Å². The molecule has 3 heteroatoms. The Bertz CT molecular complexity index is 521. The van der Waals surface area contributed by atoms with Gasteiger partial charge in [0.2, 0.25) is 0 Å². The van der Waals surface area contributed by atoms with Crippen molar-refractivity contribution >= 4 is 5.69 Å². The number of benzene rings is 2. The lowest BCUT2D eigenvalue weighted by Gasteiger charge is -2.12. The molecule has 2 aromatic rings. The number of hydrogen-bond donors (Lipinski definition) is 1. The van der Waals surface area contributed by atoms with Gasteiger partial charge in [-0.3, -0.25) is 0 Å². The fraction of sp³-hybridized carbons (Fsp3) is 0.200. The molecule has 0 radical (unpaired) electrons. The highest BCUT2D eigenvalue weighted by atomic mass is 16.5. The minimum atomic E-state index is 0.528. The highest BCUT2D eigenvalue weighted by molar-refractivity contribution is 5.63. The first-order valence-electron chi connectivity index (χ1n) is 5.96. The molecule has 3 nitrogen and oxygen atoms in total. The standard InChI is InChI=1S/C15H17NO2/c1-3-17-13-5-4-6-14(15(13)16)18-12-9-7-11(2)8-10-12/h4-10H,3,16H2,1-2H3. The Kier molecular flexibility index (Phi) is 3.72. The Balaban J connectivity index is 2.23. The van der Waals surface area contributed by atoms with E-state index in [9.17, 15) is 0 Å². The lowest BCUT2D eigenvalue weighted by atomic mass is 10.2. The molecule has 0 spiro atoms. The lowest BCUT2D eigenvalue weighted by molar-refractivity contribution is 0.340. The van der Waals surface area contributed by atoms with E-state index in [1.807, 2.05) is 56.3 Å². The predicted octanol–water partition coefficient (Wildman–Crippen LogP) is 3.77.